The molecule has 0 aromatic heterocycles. The zero-order valence-electron chi connectivity index (χ0n) is 11.1. The molecule has 0 fully saturated rings. The standard InChI is InChI=1S/C15H20O2Si/c1-16-11-15(17-2)18-14-9-8-13(14)10-12-6-4-3-5-7-12/h3-8,11,14H,9-10,18H2,1-2H3. The Balaban J connectivity index is 1.91. The highest BCUT2D eigenvalue weighted by Crippen LogP contribution is 2.35. The van der Waals surface area contributed by atoms with E-state index in [0.717, 1.165) is 17.3 Å². The van der Waals surface area contributed by atoms with Crippen LogP contribution in [0.4, 0.5) is 0 Å². The van der Waals surface area contributed by atoms with Gasteiger partial charge < -0.3 is 9.47 Å². The van der Waals surface area contributed by atoms with Gasteiger partial charge in [0.2, 0.25) is 0 Å². The smallest absolute Gasteiger partial charge is 0.114 e. The van der Waals surface area contributed by atoms with Crippen molar-refractivity contribution in [3.05, 3.63) is 59.2 Å². The van der Waals surface area contributed by atoms with Gasteiger partial charge in [-0.15, -0.1) is 0 Å². The second-order valence-electron chi connectivity index (χ2n) is 4.60. The molecular weight excluding hydrogens is 240 g/mol. The van der Waals surface area contributed by atoms with Crippen molar-refractivity contribution < 1.29 is 9.47 Å². The first-order valence-electron chi connectivity index (χ1n) is 6.32. The van der Waals surface area contributed by atoms with Gasteiger partial charge >= 0.3 is 0 Å². The lowest BCUT2D eigenvalue weighted by molar-refractivity contribution is 0.270. The number of methoxy groups -OCH3 is 2. The zero-order chi connectivity index (χ0) is 12.8. The van der Waals surface area contributed by atoms with E-state index in [9.17, 15) is 0 Å². The van der Waals surface area contributed by atoms with Crippen LogP contribution in [0, 0.1) is 0 Å². The molecule has 0 saturated carbocycles. The van der Waals surface area contributed by atoms with Crippen molar-refractivity contribution in [2.24, 2.45) is 0 Å². The topological polar surface area (TPSA) is 18.5 Å². The predicted octanol–water partition coefficient (Wildman–Crippen LogP) is 2.61. The predicted molar refractivity (Wildman–Crippen MR) is 77.2 cm³/mol. The van der Waals surface area contributed by atoms with Crippen LogP contribution in [0.25, 0.3) is 0 Å². The maximum Gasteiger partial charge on any atom is 0.114 e. The Hall–Kier alpha value is -1.48. The van der Waals surface area contributed by atoms with Crippen molar-refractivity contribution in [1.29, 1.82) is 0 Å². The molecule has 1 aromatic rings. The Bertz CT molecular complexity index is 437. The molecule has 1 aliphatic carbocycles. The first kappa shape index (κ1) is 13.0. The highest BCUT2D eigenvalue weighted by Gasteiger charge is 2.23. The Morgan fingerprint density at radius 1 is 1.33 bits per heavy atom. The molecule has 1 atom stereocenters. The summed E-state index contributed by atoms with van der Waals surface area (Å²) in [5, 5.41) is 1.06. The molecular formula is C15H20O2Si. The molecule has 0 heterocycles. The zero-order valence-corrected chi connectivity index (χ0v) is 12.5. The largest absolute Gasteiger partial charge is 0.504 e. The number of rotatable bonds is 6. The molecule has 0 radical (unpaired) electrons. The summed E-state index contributed by atoms with van der Waals surface area (Å²) in [4.78, 5) is 0. The third-order valence-corrected chi connectivity index (χ3v) is 5.61. The maximum atomic E-state index is 5.37. The van der Waals surface area contributed by atoms with Crippen molar-refractivity contribution in [3.63, 3.8) is 0 Å². The van der Waals surface area contributed by atoms with Crippen molar-refractivity contribution >= 4 is 9.52 Å². The normalized spacial score (nSPS) is 19.6. The van der Waals surface area contributed by atoms with Gasteiger partial charge in [-0.3, -0.25) is 0 Å². The molecule has 0 amide bonds. The van der Waals surface area contributed by atoms with Crippen molar-refractivity contribution in [2.75, 3.05) is 14.2 Å². The first-order chi connectivity index (χ1) is 8.83. The summed E-state index contributed by atoms with van der Waals surface area (Å²) in [6, 6.07) is 10.7. The van der Waals surface area contributed by atoms with Gasteiger partial charge in [-0.05, 0) is 23.9 Å². The fourth-order valence-corrected chi connectivity index (χ4v) is 4.09. The van der Waals surface area contributed by atoms with E-state index in [1.165, 1.54) is 12.0 Å². The SMILES string of the molecule is COC=C(OC)[SiH2]C1CC=C1Cc1ccccc1. The van der Waals surface area contributed by atoms with Crippen LogP contribution in [0.1, 0.15) is 12.0 Å². The van der Waals surface area contributed by atoms with Crippen molar-refractivity contribution in [1.82, 2.24) is 0 Å². The van der Waals surface area contributed by atoms with E-state index in [1.54, 1.807) is 26.1 Å². The monoisotopic (exact) mass is 260 g/mol. The molecule has 2 nitrogen and oxygen atoms in total. The Morgan fingerprint density at radius 3 is 2.67 bits per heavy atom. The number of allylic oxidation sites excluding steroid dienone is 2. The molecule has 18 heavy (non-hydrogen) atoms. The fourth-order valence-electron chi connectivity index (χ4n) is 2.27. The molecule has 96 valence electrons. The number of ether oxygens (including phenoxy) is 2. The lowest BCUT2D eigenvalue weighted by Gasteiger charge is -2.27. The van der Waals surface area contributed by atoms with Crippen LogP contribution in [0.3, 0.4) is 0 Å². The summed E-state index contributed by atoms with van der Waals surface area (Å²) >= 11 is 0. The molecule has 0 spiro atoms. The van der Waals surface area contributed by atoms with Gasteiger partial charge in [-0.2, -0.15) is 0 Å². The van der Waals surface area contributed by atoms with E-state index in [1.807, 2.05) is 0 Å². The van der Waals surface area contributed by atoms with Gasteiger partial charge in [0, 0.05) is 0 Å². The molecule has 0 N–H and O–H groups in total. The summed E-state index contributed by atoms with van der Waals surface area (Å²) in [6.07, 6.45) is 6.41. The van der Waals surface area contributed by atoms with Gasteiger partial charge in [0.15, 0.2) is 0 Å². The molecule has 1 aromatic carbocycles. The average molecular weight is 260 g/mol. The highest BCUT2D eigenvalue weighted by molar-refractivity contribution is 6.47. The van der Waals surface area contributed by atoms with Gasteiger partial charge in [0.25, 0.3) is 0 Å². The van der Waals surface area contributed by atoms with E-state index >= 15 is 0 Å². The third kappa shape index (κ3) is 3.26. The Morgan fingerprint density at radius 2 is 2.11 bits per heavy atom. The van der Waals surface area contributed by atoms with Gasteiger partial charge in [-0.25, -0.2) is 0 Å². The average Bonchev–Trinajstić information content (AvgIpc) is 2.40. The van der Waals surface area contributed by atoms with Crippen LogP contribution in [0.5, 0.6) is 0 Å². The summed E-state index contributed by atoms with van der Waals surface area (Å²) in [5.74, 6) is 0. The molecule has 3 heteroatoms. The third-order valence-electron chi connectivity index (χ3n) is 3.40. The van der Waals surface area contributed by atoms with Crippen LogP contribution in [0.15, 0.2) is 53.6 Å². The number of hydrogen-bond acceptors (Lipinski definition) is 2. The van der Waals surface area contributed by atoms with Gasteiger partial charge in [-0.1, -0.05) is 42.0 Å². The highest BCUT2D eigenvalue weighted by atomic mass is 28.2. The lowest BCUT2D eigenvalue weighted by atomic mass is 9.92. The fraction of sp³-hybridized carbons (Fsp3) is 0.333. The minimum atomic E-state index is -0.392. The van der Waals surface area contributed by atoms with Crippen LogP contribution in [-0.4, -0.2) is 23.7 Å². The van der Waals surface area contributed by atoms with Crippen LogP contribution < -0.4 is 0 Å². The number of benzene rings is 1. The molecule has 2 rings (SSSR count). The quantitative estimate of drug-likeness (QED) is 0.445. The van der Waals surface area contributed by atoms with Crippen LogP contribution in [-0.2, 0) is 15.9 Å². The molecule has 1 unspecified atom stereocenters. The molecule has 0 saturated heterocycles. The Labute approximate surface area is 111 Å². The van der Waals surface area contributed by atoms with Crippen LogP contribution in [0.2, 0.25) is 5.54 Å². The van der Waals surface area contributed by atoms with Gasteiger partial charge in [0.05, 0.1) is 14.2 Å². The molecule has 0 aliphatic heterocycles. The number of hydrogen-bond donors (Lipinski definition) is 0. The van der Waals surface area contributed by atoms with Gasteiger partial charge in [0.1, 0.15) is 21.2 Å². The van der Waals surface area contributed by atoms with E-state index < -0.39 is 9.52 Å². The maximum absolute atomic E-state index is 5.37. The molecule has 1 aliphatic rings. The van der Waals surface area contributed by atoms with E-state index in [4.69, 9.17) is 9.47 Å². The minimum absolute atomic E-state index is 0.392. The van der Waals surface area contributed by atoms with E-state index in [-0.39, 0.29) is 0 Å². The van der Waals surface area contributed by atoms with Crippen molar-refractivity contribution in [3.8, 4) is 0 Å². The molecule has 0 bridgehead atoms. The summed E-state index contributed by atoms with van der Waals surface area (Å²) in [7, 11) is 3.02. The van der Waals surface area contributed by atoms with Crippen molar-refractivity contribution in [2.45, 2.75) is 18.4 Å². The van der Waals surface area contributed by atoms with E-state index in [0.29, 0.717) is 0 Å². The summed E-state index contributed by atoms with van der Waals surface area (Å²) in [6.45, 7) is 0. The summed E-state index contributed by atoms with van der Waals surface area (Å²) in [5.41, 5.74) is 3.72. The van der Waals surface area contributed by atoms with Crippen LogP contribution >= 0.6 is 0 Å². The summed E-state index contributed by atoms with van der Waals surface area (Å²) < 4.78 is 10.4. The second-order valence-corrected chi connectivity index (χ2v) is 6.69. The van der Waals surface area contributed by atoms with E-state index in [2.05, 4.69) is 36.4 Å². The first-order valence-corrected chi connectivity index (χ1v) is 7.84. The minimum Gasteiger partial charge on any atom is -0.504 e. The Kier molecular flexibility index (Phi) is 4.64. The second kappa shape index (κ2) is 6.45. The lowest BCUT2D eigenvalue weighted by Crippen LogP contribution is -2.18.